The first-order valence-corrected chi connectivity index (χ1v) is 5.25. The van der Waals surface area contributed by atoms with Gasteiger partial charge in [-0.1, -0.05) is 18.2 Å². The van der Waals surface area contributed by atoms with E-state index in [-0.39, 0.29) is 0 Å². The molecule has 1 aliphatic rings. The van der Waals surface area contributed by atoms with Crippen molar-refractivity contribution in [1.82, 2.24) is 5.32 Å². The van der Waals surface area contributed by atoms with E-state index < -0.39 is 0 Å². The molecular weight excluding hydrogens is 174 g/mol. The molecule has 2 nitrogen and oxygen atoms in total. The lowest BCUT2D eigenvalue weighted by molar-refractivity contribution is 0.214. The molecule has 0 saturated heterocycles. The summed E-state index contributed by atoms with van der Waals surface area (Å²) in [5, 5.41) is 3.18. The first kappa shape index (κ1) is 9.53. The van der Waals surface area contributed by atoms with Gasteiger partial charge in [-0.25, -0.2) is 0 Å². The Balaban J connectivity index is 1.99. The van der Waals surface area contributed by atoms with Gasteiger partial charge in [-0.3, -0.25) is 0 Å². The molecule has 0 radical (unpaired) electrons. The highest BCUT2D eigenvalue weighted by Gasteiger charge is 2.18. The number of para-hydroxylation sites is 1. The van der Waals surface area contributed by atoms with Crippen LogP contribution in [-0.2, 0) is 6.42 Å². The molecule has 1 heterocycles. The zero-order valence-electron chi connectivity index (χ0n) is 8.62. The average molecular weight is 191 g/mol. The molecule has 14 heavy (non-hydrogen) atoms. The summed E-state index contributed by atoms with van der Waals surface area (Å²) < 4.78 is 5.71. The Kier molecular flexibility index (Phi) is 3.04. The minimum atomic E-state index is 0.678. The Bertz CT molecular complexity index is 298. The summed E-state index contributed by atoms with van der Waals surface area (Å²) in [4.78, 5) is 0. The summed E-state index contributed by atoms with van der Waals surface area (Å²) >= 11 is 0. The Hall–Kier alpha value is -1.02. The maximum Gasteiger partial charge on any atom is 0.122 e. The first-order chi connectivity index (χ1) is 6.90. The quantitative estimate of drug-likeness (QED) is 0.787. The predicted octanol–water partition coefficient (Wildman–Crippen LogP) is 1.85. The second-order valence-corrected chi connectivity index (χ2v) is 3.88. The van der Waals surface area contributed by atoms with E-state index in [9.17, 15) is 0 Å². The van der Waals surface area contributed by atoms with E-state index >= 15 is 0 Å². The second-order valence-electron chi connectivity index (χ2n) is 3.88. The maximum absolute atomic E-state index is 5.71. The molecule has 0 aromatic heterocycles. The fourth-order valence-corrected chi connectivity index (χ4v) is 1.92. The zero-order valence-corrected chi connectivity index (χ0v) is 8.62. The van der Waals surface area contributed by atoms with Gasteiger partial charge >= 0.3 is 0 Å². The topological polar surface area (TPSA) is 21.3 Å². The molecule has 1 aromatic carbocycles. The lowest BCUT2D eigenvalue weighted by atomic mass is 9.94. The van der Waals surface area contributed by atoms with Crippen molar-refractivity contribution in [3.05, 3.63) is 29.8 Å². The molecule has 0 amide bonds. The van der Waals surface area contributed by atoms with Crippen molar-refractivity contribution in [3.63, 3.8) is 0 Å². The third-order valence-electron chi connectivity index (χ3n) is 2.76. The highest BCUT2D eigenvalue weighted by Crippen LogP contribution is 2.27. The van der Waals surface area contributed by atoms with Crippen molar-refractivity contribution in [3.8, 4) is 5.75 Å². The van der Waals surface area contributed by atoms with E-state index in [1.807, 2.05) is 13.1 Å². The highest BCUT2D eigenvalue weighted by molar-refractivity contribution is 5.34. The van der Waals surface area contributed by atoms with Crippen molar-refractivity contribution in [2.45, 2.75) is 12.8 Å². The molecule has 2 heteroatoms. The normalized spacial score (nSPS) is 19.9. The van der Waals surface area contributed by atoms with E-state index in [2.05, 4.69) is 23.5 Å². The van der Waals surface area contributed by atoms with E-state index in [0.29, 0.717) is 5.92 Å². The van der Waals surface area contributed by atoms with Crippen LogP contribution in [-0.4, -0.2) is 20.2 Å². The number of hydrogen-bond acceptors (Lipinski definition) is 2. The molecule has 1 unspecified atom stereocenters. The molecule has 2 rings (SSSR count). The lowest BCUT2D eigenvalue weighted by Gasteiger charge is -2.25. The van der Waals surface area contributed by atoms with Gasteiger partial charge in [0, 0.05) is 0 Å². The molecule has 0 saturated carbocycles. The Morgan fingerprint density at radius 1 is 1.43 bits per heavy atom. The third-order valence-corrected chi connectivity index (χ3v) is 2.76. The van der Waals surface area contributed by atoms with Gasteiger partial charge in [0.05, 0.1) is 6.61 Å². The predicted molar refractivity (Wildman–Crippen MR) is 57.7 cm³/mol. The third kappa shape index (κ3) is 2.07. The van der Waals surface area contributed by atoms with E-state index in [0.717, 1.165) is 25.3 Å². The molecule has 0 bridgehead atoms. The van der Waals surface area contributed by atoms with Crippen molar-refractivity contribution in [2.24, 2.45) is 5.92 Å². The monoisotopic (exact) mass is 191 g/mol. The van der Waals surface area contributed by atoms with Crippen LogP contribution in [0.1, 0.15) is 12.0 Å². The van der Waals surface area contributed by atoms with Crippen molar-refractivity contribution in [2.75, 3.05) is 20.2 Å². The van der Waals surface area contributed by atoms with Crippen LogP contribution >= 0.6 is 0 Å². The van der Waals surface area contributed by atoms with Crippen molar-refractivity contribution >= 4 is 0 Å². The lowest BCUT2D eigenvalue weighted by Crippen LogP contribution is -2.24. The number of nitrogens with one attached hydrogen (secondary N) is 1. The van der Waals surface area contributed by atoms with Crippen LogP contribution in [0, 0.1) is 5.92 Å². The number of benzene rings is 1. The Morgan fingerprint density at radius 3 is 3.14 bits per heavy atom. The summed E-state index contributed by atoms with van der Waals surface area (Å²) in [7, 11) is 2.00. The van der Waals surface area contributed by atoms with Crippen LogP contribution in [0.15, 0.2) is 24.3 Å². The number of ether oxygens (including phenoxy) is 1. The molecule has 1 aromatic rings. The molecule has 0 aliphatic carbocycles. The zero-order chi connectivity index (χ0) is 9.80. The maximum atomic E-state index is 5.71. The van der Waals surface area contributed by atoms with Crippen LogP contribution < -0.4 is 10.1 Å². The summed E-state index contributed by atoms with van der Waals surface area (Å²) in [6, 6.07) is 8.35. The van der Waals surface area contributed by atoms with Gasteiger partial charge in [-0.2, -0.15) is 0 Å². The molecule has 1 atom stereocenters. The largest absolute Gasteiger partial charge is 0.493 e. The molecule has 76 valence electrons. The number of hydrogen-bond donors (Lipinski definition) is 1. The Morgan fingerprint density at radius 2 is 2.29 bits per heavy atom. The molecular formula is C12H17NO. The molecule has 1 aliphatic heterocycles. The smallest absolute Gasteiger partial charge is 0.122 e. The fraction of sp³-hybridized carbons (Fsp3) is 0.500. The van der Waals surface area contributed by atoms with Crippen molar-refractivity contribution in [1.29, 1.82) is 0 Å². The van der Waals surface area contributed by atoms with E-state index in [1.165, 1.54) is 12.0 Å². The molecule has 0 fully saturated rings. The van der Waals surface area contributed by atoms with Gasteiger partial charge in [-0.15, -0.1) is 0 Å². The van der Waals surface area contributed by atoms with Crippen LogP contribution in [0.4, 0.5) is 0 Å². The first-order valence-electron chi connectivity index (χ1n) is 5.25. The summed E-state index contributed by atoms with van der Waals surface area (Å²) in [5.41, 5.74) is 1.36. The van der Waals surface area contributed by atoms with Gasteiger partial charge < -0.3 is 10.1 Å². The molecule has 1 N–H and O–H groups in total. The fourth-order valence-electron chi connectivity index (χ4n) is 1.92. The summed E-state index contributed by atoms with van der Waals surface area (Å²) in [6.07, 6.45) is 2.36. The van der Waals surface area contributed by atoms with Gasteiger partial charge in [0.2, 0.25) is 0 Å². The standard InChI is InChI=1S/C12H17NO/c1-13-7-6-10-8-11-4-2-3-5-12(11)14-9-10/h2-5,10,13H,6-9H2,1H3. The van der Waals surface area contributed by atoms with E-state index in [4.69, 9.17) is 4.74 Å². The van der Waals surface area contributed by atoms with Crippen LogP contribution in [0.5, 0.6) is 5.75 Å². The van der Waals surface area contributed by atoms with E-state index in [1.54, 1.807) is 0 Å². The summed E-state index contributed by atoms with van der Waals surface area (Å²) in [5.74, 6) is 1.76. The van der Waals surface area contributed by atoms with Crippen LogP contribution in [0.25, 0.3) is 0 Å². The molecule has 0 spiro atoms. The van der Waals surface area contributed by atoms with Gasteiger partial charge in [-0.05, 0) is 44.0 Å². The number of fused-ring (bicyclic) bond motifs is 1. The summed E-state index contributed by atoms with van der Waals surface area (Å²) in [6.45, 7) is 1.95. The van der Waals surface area contributed by atoms with Crippen LogP contribution in [0.3, 0.4) is 0 Å². The van der Waals surface area contributed by atoms with Crippen molar-refractivity contribution < 1.29 is 4.74 Å². The average Bonchev–Trinajstić information content (AvgIpc) is 2.26. The minimum absolute atomic E-state index is 0.678. The van der Waals surface area contributed by atoms with Gasteiger partial charge in [0.25, 0.3) is 0 Å². The highest BCUT2D eigenvalue weighted by atomic mass is 16.5. The number of rotatable bonds is 3. The second kappa shape index (κ2) is 4.47. The minimum Gasteiger partial charge on any atom is -0.493 e. The van der Waals surface area contributed by atoms with Gasteiger partial charge in [0.15, 0.2) is 0 Å². The van der Waals surface area contributed by atoms with Gasteiger partial charge in [0.1, 0.15) is 5.75 Å². The SMILES string of the molecule is CNCCC1COc2ccccc2C1. The van der Waals surface area contributed by atoms with Crippen LogP contribution in [0.2, 0.25) is 0 Å². The Labute approximate surface area is 85.3 Å².